The molecule has 1 aliphatic heterocycles. The van der Waals surface area contributed by atoms with E-state index in [2.05, 4.69) is 31.4 Å². The molecule has 3 amide bonds. The van der Waals surface area contributed by atoms with E-state index in [4.69, 9.17) is 0 Å². The zero-order valence-corrected chi connectivity index (χ0v) is 16.4. The minimum Gasteiger partial charge on any atom is -0.325 e. The van der Waals surface area contributed by atoms with Gasteiger partial charge in [-0.05, 0) is 54.2 Å². The molecule has 0 unspecified atom stereocenters. The van der Waals surface area contributed by atoms with Gasteiger partial charge in [0, 0.05) is 18.8 Å². The third-order valence-corrected chi connectivity index (χ3v) is 7.68. The first-order valence-corrected chi connectivity index (χ1v) is 9.65. The van der Waals surface area contributed by atoms with E-state index in [0.717, 1.165) is 17.2 Å². The third kappa shape index (κ3) is 2.53. The van der Waals surface area contributed by atoms with Gasteiger partial charge < -0.3 is 10.6 Å². The molecule has 2 bridgehead atoms. The van der Waals surface area contributed by atoms with Crippen LogP contribution in [0, 0.1) is 16.7 Å². The van der Waals surface area contributed by atoms with Gasteiger partial charge in [0.2, 0.25) is 5.91 Å². The lowest BCUT2D eigenvalue weighted by Crippen LogP contribution is -2.46. The van der Waals surface area contributed by atoms with Gasteiger partial charge in [-0.1, -0.05) is 20.8 Å². The molecule has 2 fully saturated rings. The molecule has 0 saturated heterocycles. The average molecular weight is 369 g/mol. The second-order valence-corrected chi connectivity index (χ2v) is 9.02. The zero-order valence-electron chi connectivity index (χ0n) is 16.4. The molecule has 6 heteroatoms. The molecule has 0 spiro atoms. The van der Waals surface area contributed by atoms with Crippen molar-refractivity contribution in [2.45, 2.75) is 46.1 Å². The molecule has 1 aromatic carbocycles. The molecular weight excluding hydrogens is 342 g/mol. The number of fused-ring (bicyclic) bond motifs is 3. The second kappa shape index (κ2) is 5.89. The van der Waals surface area contributed by atoms with Gasteiger partial charge in [0.25, 0.3) is 11.8 Å². The lowest BCUT2D eigenvalue weighted by molar-refractivity contribution is -0.115. The van der Waals surface area contributed by atoms with E-state index >= 15 is 0 Å². The Kier molecular flexibility index (Phi) is 3.97. The Bertz CT molecular complexity index is 847. The quantitative estimate of drug-likeness (QED) is 0.800. The fraction of sp³-hybridized carbons (Fsp3) is 0.571. The summed E-state index contributed by atoms with van der Waals surface area (Å²) in [6.07, 6.45) is 3.61. The predicted molar refractivity (Wildman–Crippen MR) is 103 cm³/mol. The standard InChI is InChI=1S/C21H27N3O3/c1-20(2)12-7-8-21(20,3)16(9-12)22-11-17(25)23-13-5-6-14-15(10-13)19(27)24(4)18(14)26/h5-6,10,12,16,22H,7-9,11H2,1-4H3,(H,23,25)/t12-,16+,21-/m1/s1. The summed E-state index contributed by atoms with van der Waals surface area (Å²) in [6, 6.07) is 5.20. The lowest BCUT2D eigenvalue weighted by atomic mass is 9.69. The molecule has 6 nitrogen and oxygen atoms in total. The molecule has 0 aromatic heterocycles. The fourth-order valence-electron chi connectivity index (χ4n) is 5.37. The molecule has 2 aliphatic carbocycles. The van der Waals surface area contributed by atoms with Crippen molar-refractivity contribution in [3.63, 3.8) is 0 Å². The maximum Gasteiger partial charge on any atom is 0.261 e. The summed E-state index contributed by atoms with van der Waals surface area (Å²) >= 11 is 0. The van der Waals surface area contributed by atoms with Crippen LogP contribution in [-0.2, 0) is 4.79 Å². The number of hydrogen-bond donors (Lipinski definition) is 2. The van der Waals surface area contributed by atoms with Crippen molar-refractivity contribution in [1.29, 1.82) is 0 Å². The second-order valence-electron chi connectivity index (χ2n) is 9.02. The van der Waals surface area contributed by atoms with Crippen molar-refractivity contribution >= 4 is 23.4 Å². The molecule has 1 heterocycles. The van der Waals surface area contributed by atoms with Gasteiger partial charge in [-0.15, -0.1) is 0 Å². The van der Waals surface area contributed by atoms with Crippen LogP contribution in [0.1, 0.15) is 60.7 Å². The fourth-order valence-corrected chi connectivity index (χ4v) is 5.37. The molecule has 144 valence electrons. The van der Waals surface area contributed by atoms with Crippen LogP contribution in [0.25, 0.3) is 0 Å². The highest BCUT2D eigenvalue weighted by molar-refractivity contribution is 6.21. The Morgan fingerprint density at radius 2 is 1.89 bits per heavy atom. The third-order valence-electron chi connectivity index (χ3n) is 7.68. The van der Waals surface area contributed by atoms with E-state index in [1.54, 1.807) is 18.2 Å². The van der Waals surface area contributed by atoms with Gasteiger partial charge in [-0.25, -0.2) is 0 Å². The highest BCUT2D eigenvalue weighted by Gasteiger charge is 2.61. The Balaban J connectivity index is 1.39. The number of carbonyl (C=O) groups excluding carboxylic acids is 3. The van der Waals surface area contributed by atoms with Gasteiger partial charge in [0.15, 0.2) is 0 Å². The summed E-state index contributed by atoms with van der Waals surface area (Å²) in [5, 5.41) is 6.30. The summed E-state index contributed by atoms with van der Waals surface area (Å²) in [7, 11) is 1.46. The van der Waals surface area contributed by atoms with Crippen LogP contribution < -0.4 is 10.6 Å². The molecule has 0 radical (unpaired) electrons. The SMILES string of the molecule is CN1C(=O)c2ccc(NC(=O)CN[C@H]3C[C@H]4CC[C@@]3(C)C4(C)C)cc2C1=O. The predicted octanol–water partition coefficient (Wildman–Crippen LogP) is 2.66. The number of carbonyl (C=O) groups is 3. The van der Waals surface area contributed by atoms with E-state index in [9.17, 15) is 14.4 Å². The van der Waals surface area contributed by atoms with Crippen molar-refractivity contribution in [2.24, 2.45) is 16.7 Å². The first-order chi connectivity index (χ1) is 12.6. The first kappa shape index (κ1) is 18.2. The Labute approximate surface area is 159 Å². The van der Waals surface area contributed by atoms with Crippen LogP contribution in [0.5, 0.6) is 0 Å². The maximum atomic E-state index is 12.4. The largest absolute Gasteiger partial charge is 0.325 e. The number of nitrogens with zero attached hydrogens (tertiary/aromatic N) is 1. The van der Waals surface area contributed by atoms with Crippen LogP contribution in [-0.4, -0.2) is 42.3 Å². The van der Waals surface area contributed by atoms with E-state index in [-0.39, 0.29) is 29.7 Å². The molecular formula is C21H27N3O3. The highest BCUT2D eigenvalue weighted by atomic mass is 16.2. The van der Waals surface area contributed by atoms with E-state index in [1.165, 1.54) is 19.9 Å². The van der Waals surface area contributed by atoms with Crippen LogP contribution in [0.15, 0.2) is 18.2 Å². The van der Waals surface area contributed by atoms with Gasteiger partial charge in [0.05, 0.1) is 17.7 Å². The van der Waals surface area contributed by atoms with Crippen LogP contribution in [0.3, 0.4) is 0 Å². The summed E-state index contributed by atoms with van der Waals surface area (Å²) in [5.41, 5.74) is 1.80. The zero-order chi connectivity index (χ0) is 19.6. The minimum absolute atomic E-state index is 0.135. The minimum atomic E-state index is -0.332. The summed E-state index contributed by atoms with van der Waals surface area (Å²) in [5.74, 6) is -0.0485. The normalized spacial score (nSPS) is 30.7. The number of hydrogen-bond acceptors (Lipinski definition) is 4. The van der Waals surface area contributed by atoms with Gasteiger partial charge in [-0.2, -0.15) is 0 Å². The van der Waals surface area contributed by atoms with Crippen LogP contribution >= 0.6 is 0 Å². The van der Waals surface area contributed by atoms with E-state index in [1.807, 2.05) is 0 Å². The lowest BCUT2D eigenvalue weighted by Gasteiger charge is -2.39. The molecule has 27 heavy (non-hydrogen) atoms. The van der Waals surface area contributed by atoms with E-state index in [0.29, 0.717) is 28.3 Å². The molecule has 2 N–H and O–H groups in total. The van der Waals surface area contributed by atoms with Gasteiger partial charge in [-0.3, -0.25) is 19.3 Å². The van der Waals surface area contributed by atoms with Crippen molar-refractivity contribution in [3.8, 4) is 0 Å². The number of amides is 3. The molecule has 3 atom stereocenters. The molecule has 1 aromatic rings. The van der Waals surface area contributed by atoms with E-state index < -0.39 is 0 Å². The van der Waals surface area contributed by atoms with Crippen LogP contribution in [0.4, 0.5) is 5.69 Å². The summed E-state index contributed by atoms with van der Waals surface area (Å²) < 4.78 is 0. The number of imide groups is 1. The molecule has 2 saturated carbocycles. The van der Waals surface area contributed by atoms with Gasteiger partial charge in [0.1, 0.15) is 0 Å². The monoisotopic (exact) mass is 369 g/mol. The smallest absolute Gasteiger partial charge is 0.261 e. The van der Waals surface area contributed by atoms with Crippen molar-refractivity contribution in [3.05, 3.63) is 29.3 Å². The van der Waals surface area contributed by atoms with Gasteiger partial charge >= 0.3 is 0 Å². The molecule has 3 aliphatic rings. The number of rotatable bonds is 4. The maximum absolute atomic E-state index is 12.4. The number of benzene rings is 1. The number of nitrogens with one attached hydrogen (secondary N) is 2. The van der Waals surface area contributed by atoms with Crippen molar-refractivity contribution < 1.29 is 14.4 Å². The average Bonchev–Trinajstić information content (AvgIpc) is 3.07. The van der Waals surface area contributed by atoms with Crippen LogP contribution in [0.2, 0.25) is 0 Å². The molecule has 4 rings (SSSR count). The topological polar surface area (TPSA) is 78.5 Å². The summed E-state index contributed by atoms with van der Waals surface area (Å²) in [4.78, 5) is 37.5. The summed E-state index contributed by atoms with van der Waals surface area (Å²) in [6.45, 7) is 7.29. The first-order valence-electron chi connectivity index (χ1n) is 9.65. The highest BCUT2D eigenvalue weighted by Crippen LogP contribution is 2.65. The Morgan fingerprint density at radius 3 is 2.52 bits per heavy atom. The van der Waals surface area contributed by atoms with Crippen molar-refractivity contribution in [2.75, 3.05) is 18.9 Å². The number of anilines is 1. The van der Waals surface area contributed by atoms with Crippen molar-refractivity contribution in [1.82, 2.24) is 10.2 Å². The Hall–Kier alpha value is -2.21. The Morgan fingerprint density at radius 1 is 1.19 bits per heavy atom.